The average molecular weight is 285 g/mol. The Morgan fingerprint density at radius 1 is 1.44 bits per heavy atom. The molecule has 0 spiro atoms. The van der Waals surface area contributed by atoms with Gasteiger partial charge in [-0.3, -0.25) is 0 Å². The van der Waals surface area contributed by atoms with E-state index in [1.54, 1.807) is 35.9 Å². The molecule has 0 unspecified atom stereocenters. The van der Waals surface area contributed by atoms with E-state index in [1.807, 2.05) is 0 Å². The molecular formula is C12H10Cl2N2O2. The quantitative estimate of drug-likeness (QED) is 0.812. The van der Waals surface area contributed by atoms with Crippen LogP contribution in [0.4, 0.5) is 0 Å². The van der Waals surface area contributed by atoms with E-state index >= 15 is 0 Å². The molecule has 1 aromatic heterocycles. The van der Waals surface area contributed by atoms with Crippen LogP contribution in [-0.2, 0) is 4.74 Å². The van der Waals surface area contributed by atoms with Crippen molar-refractivity contribution in [1.82, 2.24) is 9.55 Å². The minimum absolute atomic E-state index is 0.239. The van der Waals surface area contributed by atoms with Crippen LogP contribution in [0, 0.1) is 0 Å². The summed E-state index contributed by atoms with van der Waals surface area (Å²) in [5, 5.41) is 1.03. The zero-order chi connectivity index (χ0) is 13.1. The molecule has 1 heterocycles. The van der Waals surface area contributed by atoms with Gasteiger partial charge in [-0.2, -0.15) is 0 Å². The van der Waals surface area contributed by atoms with Crippen molar-refractivity contribution in [2.24, 2.45) is 0 Å². The fourth-order valence-corrected chi connectivity index (χ4v) is 1.96. The highest BCUT2D eigenvalue weighted by atomic mass is 35.5. The van der Waals surface area contributed by atoms with Crippen molar-refractivity contribution in [3.05, 3.63) is 46.5 Å². The summed E-state index contributed by atoms with van der Waals surface area (Å²) in [6.07, 6.45) is 3.06. The summed E-state index contributed by atoms with van der Waals surface area (Å²) < 4.78 is 6.50. The lowest BCUT2D eigenvalue weighted by molar-refractivity contribution is 0.0520. The van der Waals surface area contributed by atoms with Crippen molar-refractivity contribution in [2.45, 2.75) is 6.92 Å². The van der Waals surface area contributed by atoms with Gasteiger partial charge in [-0.05, 0) is 25.1 Å². The van der Waals surface area contributed by atoms with Gasteiger partial charge in [-0.25, -0.2) is 9.78 Å². The number of hydrogen-bond donors (Lipinski definition) is 0. The highest BCUT2D eigenvalue weighted by Crippen LogP contribution is 2.24. The molecule has 0 aliphatic carbocycles. The van der Waals surface area contributed by atoms with E-state index in [-0.39, 0.29) is 5.69 Å². The van der Waals surface area contributed by atoms with E-state index < -0.39 is 5.97 Å². The standard InChI is InChI=1S/C12H10Cl2N2O2/c1-2-18-12(17)10-6-16(7-15-10)11-4-3-8(13)5-9(11)14/h3-7H,2H2,1H3. The summed E-state index contributed by atoms with van der Waals surface area (Å²) in [6, 6.07) is 5.09. The topological polar surface area (TPSA) is 44.1 Å². The SMILES string of the molecule is CCOC(=O)c1cn(-c2ccc(Cl)cc2Cl)cn1. The molecule has 0 bridgehead atoms. The lowest BCUT2D eigenvalue weighted by atomic mass is 10.3. The molecule has 0 saturated heterocycles. The van der Waals surface area contributed by atoms with Crippen molar-refractivity contribution in [1.29, 1.82) is 0 Å². The normalized spacial score (nSPS) is 10.4. The van der Waals surface area contributed by atoms with Gasteiger partial charge in [0.15, 0.2) is 5.69 Å². The van der Waals surface area contributed by atoms with Crippen molar-refractivity contribution in [3.8, 4) is 5.69 Å². The number of carbonyl (C=O) groups excluding carboxylic acids is 1. The molecule has 0 aliphatic rings. The van der Waals surface area contributed by atoms with Crippen LogP contribution in [-0.4, -0.2) is 22.1 Å². The molecule has 2 rings (SSSR count). The summed E-state index contributed by atoms with van der Waals surface area (Å²) in [5.41, 5.74) is 0.937. The lowest BCUT2D eigenvalue weighted by Crippen LogP contribution is -2.04. The van der Waals surface area contributed by atoms with E-state index in [1.165, 1.54) is 6.33 Å². The molecular weight excluding hydrogens is 275 g/mol. The molecule has 0 N–H and O–H groups in total. The zero-order valence-electron chi connectivity index (χ0n) is 9.56. The lowest BCUT2D eigenvalue weighted by Gasteiger charge is -2.04. The van der Waals surface area contributed by atoms with Gasteiger partial charge in [-0.15, -0.1) is 0 Å². The largest absolute Gasteiger partial charge is 0.461 e. The number of nitrogens with zero attached hydrogens (tertiary/aromatic N) is 2. The molecule has 4 nitrogen and oxygen atoms in total. The maximum absolute atomic E-state index is 11.5. The van der Waals surface area contributed by atoms with Crippen LogP contribution in [0.1, 0.15) is 17.4 Å². The Hall–Kier alpha value is -1.52. The molecule has 0 aliphatic heterocycles. The molecule has 94 valence electrons. The molecule has 0 fully saturated rings. The molecule has 1 aromatic carbocycles. The van der Waals surface area contributed by atoms with Gasteiger partial charge >= 0.3 is 5.97 Å². The fourth-order valence-electron chi connectivity index (χ4n) is 1.46. The summed E-state index contributed by atoms with van der Waals surface area (Å²) in [7, 11) is 0. The number of carbonyl (C=O) groups is 1. The summed E-state index contributed by atoms with van der Waals surface area (Å²) >= 11 is 11.9. The van der Waals surface area contributed by atoms with Crippen LogP contribution in [0.15, 0.2) is 30.7 Å². The first-order chi connectivity index (χ1) is 8.61. The van der Waals surface area contributed by atoms with Gasteiger partial charge < -0.3 is 9.30 Å². The minimum atomic E-state index is -0.457. The molecule has 18 heavy (non-hydrogen) atoms. The first-order valence-corrected chi connectivity index (χ1v) is 6.04. The predicted octanol–water partition coefficient (Wildman–Crippen LogP) is 3.36. The molecule has 2 aromatic rings. The predicted molar refractivity (Wildman–Crippen MR) is 69.5 cm³/mol. The Morgan fingerprint density at radius 3 is 2.89 bits per heavy atom. The Labute approximate surface area is 114 Å². The fraction of sp³-hybridized carbons (Fsp3) is 0.167. The molecule has 6 heteroatoms. The number of ether oxygens (including phenoxy) is 1. The second kappa shape index (κ2) is 5.42. The van der Waals surface area contributed by atoms with Crippen LogP contribution in [0.3, 0.4) is 0 Å². The first kappa shape index (κ1) is 12.9. The minimum Gasteiger partial charge on any atom is -0.461 e. The van der Waals surface area contributed by atoms with Crippen molar-refractivity contribution >= 4 is 29.2 Å². The van der Waals surface area contributed by atoms with Crippen LogP contribution >= 0.6 is 23.2 Å². The molecule has 0 atom stereocenters. The monoisotopic (exact) mass is 284 g/mol. The van der Waals surface area contributed by atoms with Gasteiger partial charge in [0.05, 0.1) is 17.3 Å². The molecule has 0 radical (unpaired) electrons. The zero-order valence-corrected chi connectivity index (χ0v) is 11.1. The summed E-state index contributed by atoms with van der Waals surface area (Å²) in [4.78, 5) is 15.4. The Balaban J connectivity index is 2.32. The number of esters is 1. The number of rotatable bonds is 3. The average Bonchev–Trinajstić information content (AvgIpc) is 2.78. The number of halogens is 2. The highest BCUT2D eigenvalue weighted by molar-refractivity contribution is 6.35. The van der Waals surface area contributed by atoms with E-state index in [2.05, 4.69) is 4.98 Å². The van der Waals surface area contributed by atoms with Crippen LogP contribution in [0.5, 0.6) is 0 Å². The number of benzene rings is 1. The third-order valence-electron chi connectivity index (χ3n) is 2.26. The van der Waals surface area contributed by atoms with E-state index in [0.717, 1.165) is 0 Å². The number of aromatic nitrogens is 2. The van der Waals surface area contributed by atoms with Gasteiger partial charge in [-0.1, -0.05) is 23.2 Å². The molecule has 0 amide bonds. The summed E-state index contributed by atoms with van der Waals surface area (Å²) in [6.45, 7) is 2.05. The van der Waals surface area contributed by atoms with E-state index in [9.17, 15) is 4.79 Å². The number of imidazole rings is 1. The van der Waals surface area contributed by atoms with Gasteiger partial charge in [0.1, 0.15) is 6.33 Å². The maximum Gasteiger partial charge on any atom is 0.358 e. The van der Waals surface area contributed by atoms with Crippen LogP contribution < -0.4 is 0 Å². The maximum atomic E-state index is 11.5. The van der Waals surface area contributed by atoms with E-state index in [0.29, 0.717) is 22.3 Å². The van der Waals surface area contributed by atoms with Crippen LogP contribution in [0.25, 0.3) is 5.69 Å². The van der Waals surface area contributed by atoms with Crippen LogP contribution in [0.2, 0.25) is 10.0 Å². The van der Waals surface area contributed by atoms with Gasteiger partial charge in [0, 0.05) is 11.2 Å². The highest BCUT2D eigenvalue weighted by Gasteiger charge is 2.12. The smallest absolute Gasteiger partial charge is 0.358 e. The number of hydrogen-bond acceptors (Lipinski definition) is 3. The third kappa shape index (κ3) is 2.66. The van der Waals surface area contributed by atoms with Crippen molar-refractivity contribution < 1.29 is 9.53 Å². The van der Waals surface area contributed by atoms with E-state index in [4.69, 9.17) is 27.9 Å². The summed E-state index contributed by atoms with van der Waals surface area (Å²) in [5.74, 6) is -0.457. The second-order valence-corrected chi connectivity index (χ2v) is 4.33. The second-order valence-electron chi connectivity index (χ2n) is 3.48. The van der Waals surface area contributed by atoms with Crippen molar-refractivity contribution in [2.75, 3.05) is 6.61 Å². The van der Waals surface area contributed by atoms with Crippen molar-refractivity contribution in [3.63, 3.8) is 0 Å². The van der Waals surface area contributed by atoms with Gasteiger partial charge in [0.2, 0.25) is 0 Å². The molecule has 0 saturated carbocycles. The van der Waals surface area contributed by atoms with Gasteiger partial charge in [0.25, 0.3) is 0 Å². The Kier molecular flexibility index (Phi) is 3.89. The first-order valence-electron chi connectivity index (χ1n) is 5.28. The Bertz CT molecular complexity index is 581. The Morgan fingerprint density at radius 2 is 2.22 bits per heavy atom. The third-order valence-corrected chi connectivity index (χ3v) is 2.79.